The van der Waals surface area contributed by atoms with Gasteiger partial charge in [0.25, 0.3) is 0 Å². The maximum atomic E-state index is 5.59. The molecule has 4 heteroatoms. The molecule has 0 aliphatic heterocycles. The zero-order valence-corrected chi connectivity index (χ0v) is 12.1. The fraction of sp³-hybridized carbons (Fsp3) is 0.600. The van der Waals surface area contributed by atoms with E-state index < -0.39 is 0 Å². The third-order valence-electron chi connectivity index (χ3n) is 2.34. The lowest BCUT2D eigenvalue weighted by molar-refractivity contribution is -0.0357. The average molecular weight is 267 g/mol. The van der Waals surface area contributed by atoms with Crippen molar-refractivity contribution in [3.05, 3.63) is 24.3 Å². The van der Waals surface area contributed by atoms with Gasteiger partial charge in [-0.15, -0.1) is 0 Å². The Hall–Kier alpha value is -1.26. The van der Waals surface area contributed by atoms with Crippen molar-refractivity contribution in [2.45, 2.75) is 32.8 Å². The van der Waals surface area contributed by atoms with E-state index in [2.05, 4.69) is 0 Å². The standard InChI is InChI=1S/C15H25NO3/c1-15(2,3)19-12-11-17-9-4-10-18-14-7-5-13(16)6-8-14/h5-8H,4,9-12,16H2,1-3H3. The molecule has 0 aliphatic rings. The average Bonchev–Trinajstić information content (AvgIpc) is 2.33. The lowest BCUT2D eigenvalue weighted by Gasteiger charge is -2.19. The molecular weight excluding hydrogens is 242 g/mol. The predicted octanol–water partition coefficient (Wildman–Crippen LogP) is 2.87. The van der Waals surface area contributed by atoms with E-state index in [0.29, 0.717) is 26.4 Å². The van der Waals surface area contributed by atoms with Gasteiger partial charge in [-0.2, -0.15) is 0 Å². The van der Waals surface area contributed by atoms with Gasteiger partial charge in [-0.1, -0.05) is 0 Å². The molecule has 0 saturated carbocycles. The maximum absolute atomic E-state index is 5.59. The molecule has 0 amide bonds. The summed E-state index contributed by atoms with van der Waals surface area (Å²) in [5.74, 6) is 0.838. The van der Waals surface area contributed by atoms with Crippen LogP contribution >= 0.6 is 0 Å². The van der Waals surface area contributed by atoms with Crippen molar-refractivity contribution in [3.8, 4) is 5.75 Å². The van der Waals surface area contributed by atoms with E-state index in [-0.39, 0.29) is 5.60 Å². The van der Waals surface area contributed by atoms with Crippen molar-refractivity contribution in [1.82, 2.24) is 0 Å². The molecule has 4 nitrogen and oxygen atoms in total. The molecule has 2 N–H and O–H groups in total. The van der Waals surface area contributed by atoms with Gasteiger partial charge < -0.3 is 19.9 Å². The Morgan fingerprint density at radius 3 is 2.26 bits per heavy atom. The van der Waals surface area contributed by atoms with Crippen LogP contribution in [0.3, 0.4) is 0 Å². The SMILES string of the molecule is CC(C)(C)OCCOCCCOc1ccc(N)cc1. The van der Waals surface area contributed by atoms with Gasteiger partial charge in [-0.3, -0.25) is 0 Å². The number of rotatable bonds is 8. The normalized spacial score (nSPS) is 11.5. The van der Waals surface area contributed by atoms with Crippen LogP contribution in [0.15, 0.2) is 24.3 Å². The molecule has 1 aromatic rings. The highest BCUT2D eigenvalue weighted by Gasteiger charge is 2.08. The fourth-order valence-corrected chi connectivity index (χ4v) is 1.42. The van der Waals surface area contributed by atoms with Crippen LogP contribution in [0.25, 0.3) is 0 Å². The van der Waals surface area contributed by atoms with Crippen LogP contribution in [0.5, 0.6) is 5.75 Å². The second-order valence-electron chi connectivity index (χ2n) is 5.34. The van der Waals surface area contributed by atoms with E-state index in [0.717, 1.165) is 17.9 Å². The second kappa shape index (κ2) is 8.02. The van der Waals surface area contributed by atoms with Gasteiger partial charge in [0.2, 0.25) is 0 Å². The molecule has 108 valence electrons. The van der Waals surface area contributed by atoms with Crippen molar-refractivity contribution < 1.29 is 14.2 Å². The summed E-state index contributed by atoms with van der Waals surface area (Å²) in [7, 11) is 0. The Morgan fingerprint density at radius 1 is 0.947 bits per heavy atom. The van der Waals surface area contributed by atoms with Crippen molar-refractivity contribution in [3.63, 3.8) is 0 Å². The van der Waals surface area contributed by atoms with Crippen molar-refractivity contribution in [2.75, 3.05) is 32.2 Å². The highest BCUT2D eigenvalue weighted by molar-refractivity contribution is 5.41. The summed E-state index contributed by atoms with van der Waals surface area (Å²) in [4.78, 5) is 0. The third-order valence-corrected chi connectivity index (χ3v) is 2.34. The van der Waals surface area contributed by atoms with E-state index in [1.165, 1.54) is 0 Å². The molecule has 0 heterocycles. The quantitative estimate of drug-likeness (QED) is 0.581. The highest BCUT2D eigenvalue weighted by atomic mass is 16.5. The monoisotopic (exact) mass is 267 g/mol. The molecule has 0 saturated heterocycles. The molecule has 0 bridgehead atoms. The summed E-state index contributed by atoms with van der Waals surface area (Å²) in [5, 5.41) is 0. The first kappa shape index (κ1) is 15.8. The van der Waals surface area contributed by atoms with Crippen LogP contribution in [-0.2, 0) is 9.47 Å². The van der Waals surface area contributed by atoms with Crippen LogP contribution in [0.2, 0.25) is 0 Å². The lowest BCUT2D eigenvalue weighted by atomic mass is 10.2. The molecule has 0 aromatic heterocycles. The Labute approximate surface area is 115 Å². The number of ether oxygens (including phenoxy) is 3. The number of benzene rings is 1. The fourth-order valence-electron chi connectivity index (χ4n) is 1.42. The van der Waals surface area contributed by atoms with Gasteiger partial charge in [-0.25, -0.2) is 0 Å². The first-order valence-corrected chi connectivity index (χ1v) is 6.67. The Bertz CT molecular complexity index is 343. The van der Waals surface area contributed by atoms with Crippen molar-refractivity contribution >= 4 is 5.69 Å². The molecular formula is C15H25NO3. The Kier molecular flexibility index (Phi) is 6.67. The third kappa shape index (κ3) is 8.46. The minimum Gasteiger partial charge on any atom is -0.494 e. The highest BCUT2D eigenvalue weighted by Crippen LogP contribution is 2.13. The maximum Gasteiger partial charge on any atom is 0.119 e. The smallest absolute Gasteiger partial charge is 0.119 e. The molecule has 0 fully saturated rings. The number of hydrogen-bond donors (Lipinski definition) is 1. The summed E-state index contributed by atoms with van der Waals surface area (Å²) in [6, 6.07) is 7.39. The van der Waals surface area contributed by atoms with Crippen LogP contribution < -0.4 is 10.5 Å². The molecule has 19 heavy (non-hydrogen) atoms. The van der Waals surface area contributed by atoms with Gasteiger partial charge in [0, 0.05) is 18.7 Å². The van der Waals surface area contributed by atoms with Crippen molar-refractivity contribution in [2.24, 2.45) is 0 Å². The summed E-state index contributed by atoms with van der Waals surface area (Å²) < 4.78 is 16.6. The summed E-state index contributed by atoms with van der Waals surface area (Å²) >= 11 is 0. The van der Waals surface area contributed by atoms with E-state index in [1.54, 1.807) is 0 Å². The van der Waals surface area contributed by atoms with Gasteiger partial charge >= 0.3 is 0 Å². The van der Waals surface area contributed by atoms with Crippen LogP contribution in [0.1, 0.15) is 27.2 Å². The van der Waals surface area contributed by atoms with E-state index in [9.17, 15) is 0 Å². The van der Waals surface area contributed by atoms with E-state index in [4.69, 9.17) is 19.9 Å². The second-order valence-corrected chi connectivity index (χ2v) is 5.34. The molecule has 0 unspecified atom stereocenters. The topological polar surface area (TPSA) is 53.7 Å². The number of hydrogen-bond acceptors (Lipinski definition) is 4. The Morgan fingerprint density at radius 2 is 1.63 bits per heavy atom. The molecule has 1 rings (SSSR count). The summed E-state index contributed by atoms with van der Waals surface area (Å²) in [6.45, 7) is 8.68. The zero-order valence-electron chi connectivity index (χ0n) is 12.1. The van der Waals surface area contributed by atoms with E-state index >= 15 is 0 Å². The van der Waals surface area contributed by atoms with Crippen LogP contribution in [-0.4, -0.2) is 32.0 Å². The zero-order chi connectivity index (χ0) is 14.1. The number of nitrogen functional groups attached to an aromatic ring is 1. The molecule has 1 aromatic carbocycles. The lowest BCUT2D eigenvalue weighted by Crippen LogP contribution is -2.22. The number of anilines is 1. The molecule has 0 spiro atoms. The van der Waals surface area contributed by atoms with Gasteiger partial charge in [-0.05, 0) is 45.0 Å². The summed E-state index contributed by atoms with van der Waals surface area (Å²) in [6.07, 6.45) is 0.861. The minimum absolute atomic E-state index is 0.0956. The summed E-state index contributed by atoms with van der Waals surface area (Å²) in [5.41, 5.74) is 6.24. The molecule has 0 atom stereocenters. The number of nitrogens with two attached hydrogens (primary N) is 1. The van der Waals surface area contributed by atoms with Crippen molar-refractivity contribution in [1.29, 1.82) is 0 Å². The van der Waals surface area contributed by atoms with Gasteiger partial charge in [0.05, 0.1) is 25.4 Å². The van der Waals surface area contributed by atoms with Crippen LogP contribution in [0, 0.1) is 0 Å². The van der Waals surface area contributed by atoms with Gasteiger partial charge in [0.1, 0.15) is 5.75 Å². The molecule has 0 radical (unpaired) electrons. The van der Waals surface area contributed by atoms with E-state index in [1.807, 2.05) is 45.0 Å². The van der Waals surface area contributed by atoms with Crippen LogP contribution in [0.4, 0.5) is 5.69 Å². The minimum atomic E-state index is -0.0956. The van der Waals surface area contributed by atoms with Gasteiger partial charge in [0.15, 0.2) is 0 Å². The predicted molar refractivity (Wildman–Crippen MR) is 77.5 cm³/mol. The molecule has 0 aliphatic carbocycles. The largest absolute Gasteiger partial charge is 0.494 e. The Balaban J connectivity index is 1.95. The first-order chi connectivity index (χ1) is 8.97. The first-order valence-electron chi connectivity index (χ1n) is 6.67.